The molecule has 0 aliphatic carbocycles. The van der Waals surface area contributed by atoms with Gasteiger partial charge in [-0.25, -0.2) is 9.18 Å². The van der Waals surface area contributed by atoms with Crippen LogP contribution in [0.2, 0.25) is 0 Å². The first-order valence-electron chi connectivity index (χ1n) is 10.6. The van der Waals surface area contributed by atoms with Gasteiger partial charge >= 0.3 is 6.03 Å². The number of carbonyl (C=O) groups is 1. The van der Waals surface area contributed by atoms with E-state index in [2.05, 4.69) is 5.32 Å². The summed E-state index contributed by atoms with van der Waals surface area (Å²) in [5.74, 6) is 0.100. The number of urea groups is 1. The lowest BCUT2D eigenvalue weighted by Gasteiger charge is -2.36. The highest BCUT2D eigenvalue weighted by Gasteiger charge is 2.35. The molecule has 1 fully saturated rings. The highest BCUT2D eigenvalue weighted by molar-refractivity contribution is 5.91. The molecule has 7 heteroatoms. The van der Waals surface area contributed by atoms with E-state index in [1.807, 2.05) is 37.3 Å². The fraction of sp³-hybridized carbons (Fsp3) is 0.458. The van der Waals surface area contributed by atoms with Crippen LogP contribution in [0.25, 0.3) is 0 Å². The molecule has 0 radical (unpaired) electrons. The molecule has 1 saturated heterocycles. The van der Waals surface area contributed by atoms with Crippen LogP contribution in [0.5, 0.6) is 5.75 Å². The van der Waals surface area contributed by atoms with E-state index in [1.54, 1.807) is 19.1 Å². The molecule has 168 valence electrons. The Labute approximate surface area is 183 Å². The van der Waals surface area contributed by atoms with Crippen molar-refractivity contribution in [2.75, 3.05) is 38.8 Å². The first-order chi connectivity index (χ1) is 15.0. The summed E-state index contributed by atoms with van der Waals surface area (Å²) in [6.45, 7) is 4.10. The Morgan fingerprint density at radius 1 is 1.19 bits per heavy atom. The van der Waals surface area contributed by atoms with E-state index >= 15 is 0 Å². The van der Waals surface area contributed by atoms with Crippen LogP contribution in [0.3, 0.4) is 0 Å². The molecular weight excluding hydrogens is 399 g/mol. The van der Waals surface area contributed by atoms with Gasteiger partial charge in [0.15, 0.2) is 0 Å². The van der Waals surface area contributed by atoms with Crippen LogP contribution < -0.4 is 15.0 Å². The van der Waals surface area contributed by atoms with E-state index in [0.717, 1.165) is 23.2 Å². The van der Waals surface area contributed by atoms with Crippen molar-refractivity contribution in [3.8, 4) is 5.75 Å². The molecule has 1 aliphatic rings. The summed E-state index contributed by atoms with van der Waals surface area (Å²) in [5.41, 5.74) is 1.92. The summed E-state index contributed by atoms with van der Waals surface area (Å²) in [7, 11) is 3.38. The lowest BCUT2D eigenvalue weighted by molar-refractivity contribution is -0.0950. The number of hydrogen-bond acceptors (Lipinski definition) is 4. The molecule has 0 unspecified atom stereocenters. The van der Waals surface area contributed by atoms with Crippen LogP contribution in [0.15, 0.2) is 42.5 Å². The summed E-state index contributed by atoms with van der Waals surface area (Å²) in [6, 6.07) is 12.1. The van der Waals surface area contributed by atoms with Gasteiger partial charge in [0.2, 0.25) is 0 Å². The first kappa shape index (κ1) is 23.0. The van der Waals surface area contributed by atoms with Crippen LogP contribution in [0, 0.1) is 5.82 Å². The maximum atomic E-state index is 14.3. The predicted molar refractivity (Wildman–Crippen MR) is 118 cm³/mol. The Morgan fingerprint density at radius 3 is 2.55 bits per heavy atom. The first-order valence-corrected chi connectivity index (χ1v) is 10.6. The summed E-state index contributed by atoms with van der Waals surface area (Å²) in [4.78, 5) is 13.6. The van der Waals surface area contributed by atoms with E-state index in [9.17, 15) is 9.18 Å². The van der Waals surface area contributed by atoms with Gasteiger partial charge in [-0.3, -0.25) is 4.90 Å². The van der Waals surface area contributed by atoms with Gasteiger partial charge < -0.3 is 19.5 Å². The number of ether oxygens (including phenoxy) is 3. The lowest BCUT2D eigenvalue weighted by atomic mass is 9.86. The average molecular weight is 431 g/mol. The van der Waals surface area contributed by atoms with Crippen LogP contribution in [-0.4, -0.2) is 39.9 Å². The van der Waals surface area contributed by atoms with Gasteiger partial charge in [0.25, 0.3) is 0 Å². The molecular formula is C24H31FN2O4. The molecule has 3 rings (SSSR count). The molecule has 1 aliphatic heterocycles. The second kappa shape index (κ2) is 10.6. The van der Waals surface area contributed by atoms with Gasteiger partial charge in [-0.15, -0.1) is 0 Å². The lowest BCUT2D eigenvalue weighted by Crippen LogP contribution is -2.37. The summed E-state index contributed by atoms with van der Waals surface area (Å²) < 4.78 is 31.4. The third kappa shape index (κ3) is 5.74. The average Bonchev–Trinajstić information content (AvgIpc) is 2.81. The number of amides is 2. The number of carbonyl (C=O) groups excluding carboxylic acids is 1. The minimum absolute atomic E-state index is 0.140. The number of anilines is 1. The van der Waals surface area contributed by atoms with Gasteiger partial charge in [-0.1, -0.05) is 19.1 Å². The number of benzene rings is 2. The molecule has 0 atom stereocenters. The second-order valence-corrected chi connectivity index (χ2v) is 7.73. The molecule has 2 amide bonds. The maximum Gasteiger partial charge on any atom is 0.321 e. The second-order valence-electron chi connectivity index (χ2n) is 7.73. The van der Waals surface area contributed by atoms with Crippen LogP contribution in [-0.2, 0) is 21.7 Å². The van der Waals surface area contributed by atoms with Gasteiger partial charge in [0, 0.05) is 58.5 Å². The quantitative estimate of drug-likeness (QED) is 0.664. The van der Waals surface area contributed by atoms with Crippen LogP contribution in [0.4, 0.5) is 14.9 Å². The van der Waals surface area contributed by atoms with Crippen molar-refractivity contribution in [1.82, 2.24) is 5.32 Å². The zero-order valence-corrected chi connectivity index (χ0v) is 18.4. The molecule has 0 aromatic heterocycles. The van der Waals surface area contributed by atoms with Gasteiger partial charge in [0.05, 0.1) is 5.60 Å². The smallest absolute Gasteiger partial charge is 0.321 e. The van der Waals surface area contributed by atoms with Crippen molar-refractivity contribution in [2.24, 2.45) is 0 Å². The number of methoxy groups -OCH3 is 1. The molecule has 1 N–H and O–H groups in total. The Balaban J connectivity index is 1.66. The summed E-state index contributed by atoms with van der Waals surface area (Å²) >= 11 is 0. The standard InChI is InChI=1S/C24H31FN2O4/c1-4-11-26-23(28)27(2)21-7-5-18(6-8-21)17-31-22-15-19(14-20(25)16-22)24(29-3)9-12-30-13-10-24/h5-8,14-16H,4,9-13,17H2,1-3H3,(H,26,28). The predicted octanol–water partition coefficient (Wildman–Crippen LogP) is 4.61. The van der Waals surface area contributed by atoms with E-state index in [0.29, 0.717) is 38.3 Å². The molecule has 0 spiro atoms. The fourth-order valence-electron chi connectivity index (χ4n) is 3.67. The van der Waals surface area contributed by atoms with Gasteiger partial charge in [-0.05, 0) is 41.8 Å². The van der Waals surface area contributed by atoms with Crippen molar-refractivity contribution in [3.05, 3.63) is 59.4 Å². The highest BCUT2D eigenvalue weighted by atomic mass is 19.1. The Kier molecular flexibility index (Phi) is 7.87. The third-order valence-corrected chi connectivity index (χ3v) is 5.65. The van der Waals surface area contributed by atoms with Gasteiger partial charge in [-0.2, -0.15) is 0 Å². The monoisotopic (exact) mass is 430 g/mol. The molecule has 0 bridgehead atoms. The number of rotatable bonds is 8. The molecule has 2 aromatic rings. The Bertz CT molecular complexity index is 866. The molecule has 2 aromatic carbocycles. The van der Waals surface area contributed by atoms with E-state index in [1.165, 1.54) is 12.1 Å². The number of nitrogens with zero attached hydrogens (tertiary/aromatic N) is 1. The normalized spacial score (nSPS) is 15.4. The maximum absolute atomic E-state index is 14.3. The van der Waals surface area contributed by atoms with Crippen molar-refractivity contribution in [1.29, 1.82) is 0 Å². The molecule has 6 nitrogen and oxygen atoms in total. The fourth-order valence-corrected chi connectivity index (χ4v) is 3.67. The van der Waals surface area contributed by atoms with E-state index in [4.69, 9.17) is 14.2 Å². The summed E-state index contributed by atoms with van der Waals surface area (Å²) in [5, 5.41) is 2.85. The molecule has 0 saturated carbocycles. The zero-order valence-electron chi connectivity index (χ0n) is 18.4. The van der Waals surface area contributed by atoms with Crippen LogP contribution in [0.1, 0.15) is 37.3 Å². The number of hydrogen-bond donors (Lipinski definition) is 1. The third-order valence-electron chi connectivity index (χ3n) is 5.65. The minimum atomic E-state index is -0.553. The van der Waals surface area contributed by atoms with Crippen molar-refractivity contribution >= 4 is 11.7 Å². The minimum Gasteiger partial charge on any atom is -0.489 e. The van der Waals surface area contributed by atoms with Crippen LogP contribution >= 0.6 is 0 Å². The van der Waals surface area contributed by atoms with Crippen molar-refractivity contribution in [2.45, 2.75) is 38.4 Å². The van der Waals surface area contributed by atoms with Crippen molar-refractivity contribution < 1.29 is 23.4 Å². The van der Waals surface area contributed by atoms with E-state index in [-0.39, 0.29) is 18.5 Å². The summed E-state index contributed by atoms with van der Waals surface area (Å²) in [6.07, 6.45) is 2.23. The Hall–Kier alpha value is -2.64. The number of halogens is 1. The van der Waals surface area contributed by atoms with Crippen molar-refractivity contribution in [3.63, 3.8) is 0 Å². The topological polar surface area (TPSA) is 60.0 Å². The van der Waals surface area contributed by atoms with Gasteiger partial charge in [0.1, 0.15) is 18.2 Å². The van der Waals surface area contributed by atoms with E-state index < -0.39 is 5.60 Å². The number of nitrogens with one attached hydrogen (secondary N) is 1. The largest absolute Gasteiger partial charge is 0.489 e. The Morgan fingerprint density at radius 2 is 1.90 bits per heavy atom. The highest BCUT2D eigenvalue weighted by Crippen LogP contribution is 2.37. The zero-order chi connectivity index (χ0) is 22.3. The molecule has 1 heterocycles. The SMILES string of the molecule is CCCNC(=O)N(C)c1ccc(COc2cc(F)cc(C3(OC)CCOCC3)c2)cc1. The molecule has 31 heavy (non-hydrogen) atoms.